The van der Waals surface area contributed by atoms with Crippen molar-refractivity contribution in [2.45, 2.75) is 6.92 Å². The molecule has 1 aromatic rings. The van der Waals surface area contributed by atoms with Crippen LogP contribution in [0.25, 0.3) is 0 Å². The van der Waals surface area contributed by atoms with Crippen LogP contribution in [0.4, 0.5) is 0 Å². The number of rotatable bonds is 3. The SMILES string of the molecule is CC(CBr)CN1C(=O)c2ccccc2C1=O. The molecule has 1 heterocycles. The smallest absolute Gasteiger partial charge is 0.261 e. The molecule has 3 nitrogen and oxygen atoms in total. The molecule has 0 aliphatic carbocycles. The maximum atomic E-state index is 11.9. The molecule has 0 spiro atoms. The third-order valence-electron chi connectivity index (χ3n) is 2.64. The zero-order valence-electron chi connectivity index (χ0n) is 8.94. The van der Waals surface area contributed by atoms with Gasteiger partial charge >= 0.3 is 0 Å². The Kier molecular flexibility index (Phi) is 3.10. The van der Waals surface area contributed by atoms with E-state index in [2.05, 4.69) is 15.9 Å². The molecular formula is C12H12BrNO2. The van der Waals surface area contributed by atoms with Crippen LogP contribution in [0, 0.1) is 5.92 Å². The second kappa shape index (κ2) is 4.37. The number of halogens is 1. The maximum absolute atomic E-state index is 11.9. The van der Waals surface area contributed by atoms with Crippen LogP contribution in [0.3, 0.4) is 0 Å². The van der Waals surface area contributed by atoms with Crippen LogP contribution in [0.2, 0.25) is 0 Å². The van der Waals surface area contributed by atoms with E-state index in [0.717, 1.165) is 5.33 Å². The van der Waals surface area contributed by atoms with Gasteiger partial charge in [0.25, 0.3) is 11.8 Å². The maximum Gasteiger partial charge on any atom is 0.261 e. The Morgan fingerprint density at radius 3 is 2.12 bits per heavy atom. The van der Waals surface area contributed by atoms with Crippen molar-refractivity contribution >= 4 is 27.7 Å². The number of carbonyl (C=O) groups excluding carboxylic acids is 2. The van der Waals surface area contributed by atoms with Crippen molar-refractivity contribution in [2.75, 3.05) is 11.9 Å². The van der Waals surface area contributed by atoms with E-state index in [0.29, 0.717) is 17.7 Å². The van der Waals surface area contributed by atoms with Crippen LogP contribution in [0.5, 0.6) is 0 Å². The fourth-order valence-electron chi connectivity index (χ4n) is 1.77. The summed E-state index contributed by atoms with van der Waals surface area (Å²) in [5, 5.41) is 0.778. The van der Waals surface area contributed by atoms with Crippen molar-refractivity contribution < 1.29 is 9.59 Å². The molecule has 1 aliphatic rings. The van der Waals surface area contributed by atoms with Crippen molar-refractivity contribution in [3.05, 3.63) is 35.4 Å². The van der Waals surface area contributed by atoms with Crippen LogP contribution in [-0.2, 0) is 0 Å². The number of hydrogen-bond donors (Lipinski definition) is 0. The Morgan fingerprint density at radius 1 is 1.19 bits per heavy atom. The molecule has 84 valence electrons. The van der Waals surface area contributed by atoms with E-state index in [9.17, 15) is 9.59 Å². The second-order valence-corrected chi connectivity index (χ2v) is 4.67. The molecule has 1 unspecified atom stereocenters. The summed E-state index contributed by atoms with van der Waals surface area (Å²) >= 11 is 3.35. The largest absolute Gasteiger partial charge is 0.274 e. The highest BCUT2D eigenvalue weighted by atomic mass is 79.9. The summed E-state index contributed by atoms with van der Waals surface area (Å²) in [6, 6.07) is 6.96. The summed E-state index contributed by atoms with van der Waals surface area (Å²) in [6.45, 7) is 2.47. The zero-order valence-corrected chi connectivity index (χ0v) is 10.5. The highest BCUT2D eigenvalue weighted by Gasteiger charge is 2.35. The van der Waals surface area contributed by atoms with E-state index in [1.807, 2.05) is 6.92 Å². The van der Waals surface area contributed by atoms with Crippen molar-refractivity contribution in [2.24, 2.45) is 5.92 Å². The molecule has 16 heavy (non-hydrogen) atoms. The first-order valence-electron chi connectivity index (χ1n) is 5.16. The van der Waals surface area contributed by atoms with E-state index < -0.39 is 0 Å². The molecule has 4 heteroatoms. The summed E-state index contributed by atoms with van der Waals surface area (Å²) in [7, 11) is 0. The van der Waals surface area contributed by atoms with Gasteiger partial charge in [-0.2, -0.15) is 0 Å². The third kappa shape index (κ3) is 1.78. The predicted molar refractivity (Wildman–Crippen MR) is 64.8 cm³/mol. The molecule has 0 saturated heterocycles. The molecule has 0 bridgehead atoms. The van der Waals surface area contributed by atoms with Gasteiger partial charge in [-0.25, -0.2) is 0 Å². The van der Waals surface area contributed by atoms with Crippen molar-refractivity contribution in [1.82, 2.24) is 4.90 Å². The Balaban J connectivity index is 2.28. The summed E-state index contributed by atoms with van der Waals surface area (Å²) in [6.07, 6.45) is 0. The molecule has 0 aromatic heterocycles. The predicted octanol–water partition coefficient (Wildman–Crippen LogP) is 2.31. The highest BCUT2D eigenvalue weighted by molar-refractivity contribution is 9.09. The van der Waals surface area contributed by atoms with Gasteiger partial charge in [-0.3, -0.25) is 14.5 Å². The average molecular weight is 282 g/mol. The Morgan fingerprint density at radius 2 is 1.69 bits per heavy atom. The molecule has 1 aliphatic heterocycles. The Hall–Kier alpha value is -1.16. The second-order valence-electron chi connectivity index (χ2n) is 4.03. The van der Waals surface area contributed by atoms with E-state index in [4.69, 9.17) is 0 Å². The van der Waals surface area contributed by atoms with Crippen LogP contribution < -0.4 is 0 Å². The van der Waals surface area contributed by atoms with Gasteiger partial charge in [0.1, 0.15) is 0 Å². The first-order valence-corrected chi connectivity index (χ1v) is 6.28. The number of nitrogens with zero attached hydrogens (tertiary/aromatic N) is 1. The Bertz CT molecular complexity index is 409. The van der Waals surface area contributed by atoms with Gasteiger partial charge in [-0.1, -0.05) is 35.0 Å². The van der Waals surface area contributed by atoms with Gasteiger partial charge in [-0.05, 0) is 18.1 Å². The molecule has 2 amide bonds. The van der Waals surface area contributed by atoms with Gasteiger partial charge in [0, 0.05) is 11.9 Å². The zero-order chi connectivity index (χ0) is 11.7. The number of amides is 2. The number of hydrogen-bond acceptors (Lipinski definition) is 2. The number of benzene rings is 1. The Labute approximate surface area is 103 Å². The minimum Gasteiger partial charge on any atom is -0.274 e. The minimum absolute atomic E-state index is 0.173. The quantitative estimate of drug-likeness (QED) is 0.630. The van der Waals surface area contributed by atoms with Crippen LogP contribution in [-0.4, -0.2) is 28.6 Å². The monoisotopic (exact) mass is 281 g/mol. The highest BCUT2D eigenvalue weighted by Crippen LogP contribution is 2.23. The standard InChI is InChI=1S/C12H12BrNO2/c1-8(6-13)7-14-11(15)9-4-2-3-5-10(9)12(14)16/h2-5,8H,6-7H2,1H3. The van der Waals surface area contributed by atoms with Crippen molar-refractivity contribution in [3.63, 3.8) is 0 Å². The van der Waals surface area contributed by atoms with Gasteiger partial charge in [0.15, 0.2) is 0 Å². The van der Waals surface area contributed by atoms with Crippen molar-refractivity contribution in [1.29, 1.82) is 0 Å². The molecule has 0 N–H and O–H groups in total. The lowest BCUT2D eigenvalue weighted by atomic mass is 10.1. The normalized spacial score (nSPS) is 16.5. The van der Waals surface area contributed by atoms with E-state index in [-0.39, 0.29) is 17.7 Å². The lowest BCUT2D eigenvalue weighted by molar-refractivity contribution is 0.0637. The average Bonchev–Trinajstić information content (AvgIpc) is 2.55. The third-order valence-corrected chi connectivity index (χ3v) is 3.74. The van der Waals surface area contributed by atoms with Crippen LogP contribution >= 0.6 is 15.9 Å². The number of alkyl halides is 1. The van der Waals surface area contributed by atoms with Gasteiger partial charge in [-0.15, -0.1) is 0 Å². The lowest BCUT2D eigenvalue weighted by Gasteiger charge is -2.17. The number of imide groups is 1. The molecule has 0 fully saturated rings. The van der Waals surface area contributed by atoms with Crippen molar-refractivity contribution in [3.8, 4) is 0 Å². The first kappa shape index (κ1) is 11.3. The van der Waals surface area contributed by atoms with E-state index in [1.165, 1.54) is 4.90 Å². The van der Waals surface area contributed by atoms with Gasteiger partial charge < -0.3 is 0 Å². The molecule has 2 rings (SSSR count). The van der Waals surface area contributed by atoms with Crippen LogP contribution in [0.1, 0.15) is 27.6 Å². The summed E-state index contributed by atoms with van der Waals surface area (Å²) < 4.78 is 0. The molecule has 0 saturated carbocycles. The van der Waals surface area contributed by atoms with E-state index in [1.54, 1.807) is 24.3 Å². The number of carbonyl (C=O) groups is 2. The molecule has 1 aromatic carbocycles. The topological polar surface area (TPSA) is 37.4 Å². The molecular weight excluding hydrogens is 270 g/mol. The van der Waals surface area contributed by atoms with Gasteiger partial charge in [0.2, 0.25) is 0 Å². The lowest BCUT2D eigenvalue weighted by Crippen LogP contribution is -2.34. The number of fused-ring (bicyclic) bond motifs is 1. The summed E-state index contributed by atoms with van der Waals surface area (Å²) in [5.41, 5.74) is 1.04. The van der Waals surface area contributed by atoms with E-state index >= 15 is 0 Å². The summed E-state index contributed by atoms with van der Waals surface area (Å²) in [4.78, 5) is 25.2. The fourth-order valence-corrected chi connectivity index (χ4v) is 1.97. The molecule has 0 radical (unpaired) electrons. The fraction of sp³-hybridized carbons (Fsp3) is 0.333. The molecule has 1 atom stereocenters. The van der Waals surface area contributed by atoms with Crippen LogP contribution in [0.15, 0.2) is 24.3 Å². The first-order chi connectivity index (χ1) is 7.65. The minimum atomic E-state index is -0.173. The summed E-state index contributed by atoms with van der Waals surface area (Å²) in [5.74, 6) is -0.0796. The van der Waals surface area contributed by atoms with Gasteiger partial charge in [0.05, 0.1) is 11.1 Å².